The third-order valence-electron chi connectivity index (χ3n) is 1.93. The Kier molecular flexibility index (Phi) is 2.08. The molecule has 2 aromatic heterocycles. The van der Waals surface area contributed by atoms with Gasteiger partial charge < -0.3 is 0 Å². The Balaban J connectivity index is 2.71. The first-order valence-electron chi connectivity index (χ1n) is 3.92. The summed E-state index contributed by atoms with van der Waals surface area (Å²) >= 11 is 2.29. The van der Waals surface area contributed by atoms with Crippen LogP contribution in [-0.2, 0) is 0 Å². The summed E-state index contributed by atoms with van der Waals surface area (Å²) in [6.45, 7) is 2.16. The molecular formula is C8H8BIN2. The summed E-state index contributed by atoms with van der Waals surface area (Å²) in [5.74, 6) is 0. The van der Waals surface area contributed by atoms with E-state index in [9.17, 15) is 0 Å². The number of pyridine rings is 1. The van der Waals surface area contributed by atoms with E-state index in [1.165, 1.54) is 5.46 Å². The quantitative estimate of drug-likeness (QED) is 0.559. The Morgan fingerprint density at radius 2 is 2.33 bits per heavy atom. The fourth-order valence-corrected chi connectivity index (χ4v) is 1.73. The Morgan fingerprint density at radius 3 is 3.08 bits per heavy atom. The van der Waals surface area contributed by atoms with Gasteiger partial charge in [-0.3, -0.25) is 4.40 Å². The van der Waals surface area contributed by atoms with Crippen molar-refractivity contribution >= 4 is 41.0 Å². The molecule has 0 aliphatic heterocycles. The molecule has 0 radical (unpaired) electrons. The number of aromatic nitrogens is 2. The van der Waals surface area contributed by atoms with Crippen LogP contribution < -0.4 is 5.46 Å². The van der Waals surface area contributed by atoms with Crippen LogP contribution >= 0.6 is 22.6 Å². The highest BCUT2D eigenvalue weighted by Crippen LogP contribution is 2.06. The molecule has 0 amide bonds. The molecule has 2 nitrogen and oxygen atoms in total. The lowest BCUT2D eigenvalue weighted by atomic mass is 9.74. The minimum absolute atomic E-state index is 1.02. The highest BCUT2D eigenvalue weighted by Gasteiger charge is 1.99. The highest BCUT2D eigenvalue weighted by molar-refractivity contribution is 14.1. The van der Waals surface area contributed by atoms with Crippen molar-refractivity contribution in [2.24, 2.45) is 0 Å². The summed E-state index contributed by atoms with van der Waals surface area (Å²) in [5.41, 5.74) is 2.37. The van der Waals surface area contributed by atoms with Crippen molar-refractivity contribution in [2.45, 2.75) is 6.82 Å². The van der Waals surface area contributed by atoms with Gasteiger partial charge in [-0.05, 0) is 28.7 Å². The number of nitrogens with zero attached hydrogens (tertiary/aromatic N) is 2. The summed E-state index contributed by atoms with van der Waals surface area (Å²) in [5, 5.41) is 0. The van der Waals surface area contributed by atoms with Crippen LogP contribution in [0.15, 0.2) is 24.5 Å². The van der Waals surface area contributed by atoms with E-state index in [2.05, 4.69) is 57.1 Å². The molecule has 0 aliphatic rings. The molecule has 0 N–H and O–H groups in total. The number of hydrogen-bond donors (Lipinski definition) is 0. The zero-order valence-electron chi connectivity index (χ0n) is 6.79. The van der Waals surface area contributed by atoms with Gasteiger partial charge in [0.15, 0.2) is 7.28 Å². The monoisotopic (exact) mass is 270 g/mol. The van der Waals surface area contributed by atoms with E-state index in [-0.39, 0.29) is 0 Å². The zero-order valence-corrected chi connectivity index (χ0v) is 8.95. The molecule has 0 saturated carbocycles. The molecule has 0 atom stereocenters. The van der Waals surface area contributed by atoms with E-state index in [4.69, 9.17) is 0 Å². The number of hydrogen-bond acceptors (Lipinski definition) is 1. The van der Waals surface area contributed by atoms with E-state index in [1.807, 2.05) is 6.20 Å². The largest absolute Gasteiger partial charge is 0.296 e. The molecule has 0 fully saturated rings. The zero-order chi connectivity index (χ0) is 8.55. The van der Waals surface area contributed by atoms with E-state index >= 15 is 0 Å². The molecule has 2 heterocycles. The summed E-state index contributed by atoms with van der Waals surface area (Å²) in [6.07, 6.45) is 4.03. The number of imidazole rings is 1. The van der Waals surface area contributed by atoms with Gasteiger partial charge in [0.25, 0.3) is 0 Å². The van der Waals surface area contributed by atoms with Crippen molar-refractivity contribution < 1.29 is 0 Å². The molecule has 0 bridgehead atoms. The lowest BCUT2D eigenvalue weighted by Crippen LogP contribution is -2.12. The smallest absolute Gasteiger partial charge is 0.156 e. The predicted octanol–water partition coefficient (Wildman–Crippen LogP) is 1.05. The number of rotatable bonds is 1. The minimum Gasteiger partial charge on any atom is -0.296 e. The van der Waals surface area contributed by atoms with Crippen molar-refractivity contribution in [1.29, 1.82) is 0 Å². The first-order valence-corrected chi connectivity index (χ1v) is 5.00. The molecule has 60 valence electrons. The maximum Gasteiger partial charge on any atom is 0.156 e. The Hall–Kier alpha value is -0.515. The lowest BCUT2D eigenvalue weighted by Gasteiger charge is -1.98. The summed E-state index contributed by atoms with van der Waals surface area (Å²) in [4.78, 5) is 4.25. The van der Waals surface area contributed by atoms with Crippen molar-refractivity contribution in [1.82, 2.24) is 9.38 Å². The Morgan fingerprint density at radius 1 is 1.50 bits per heavy atom. The van der Waals surface area contributed by atoms with Crippen molar-refractivity contribution in [3.05, 3.63) is 28.2 Å². The maximum atomic E-state index is 4.25. The van der Waals surface area contributed by atoms with Gasteiger partial charge in [-0.15, -0.1) is 0 Å². The topological polar surface area (TPSA) is 17.3 Å². The Labute approximate surface area is 85.4 Å². The first kappa shape index (κ1) is 8.10. The van der Waals surface area contributed by atoms with Crippen LogP contribution in [0.25, 0.3) is 5.65 Å². The van der Waals surface area contributed by atoms with E-state index in [0.717, 1.165) is 16.6 Å². The SMILES string of the molecule is CBc1ccc2ncc(I)n2c1. The molecule has 2 rings (SSSR count). The molecular weight excluding hydrogens is 262 g/mol. The predicted molar refractivity (Wildman–Crippen MR) is 60.6 cm³/mol. The standard InChI is InChI=1S/C8H8BIN2/c1-9-6-2-3-8-11-4-7(10)12(8)5-6/h2-5,9H,1H3. The maximum absolute atomic E-state index is 4.25. The number of halogens is 1. The first-order chi connectivity index (χ1) is 5.81. The van der Waals surface area contributed by atoms with Crippen LogP contribution in [0.2, 0.25) is 6.82 Å². The fraction of sp³-hybridized carbons (Fsp3) is 0.125. The Bertz CT molecular complexity index is 410. The van der Waals surface area contributed by atoms with Crippen LogP contribution in [0.3, 0.4) is 0 Å². The van der Waals surface area contributed by atoms with Crippen molar-refractivity contribution in [2.75, 3.05) is 0 Å². The van der Waals surface area contributed by atoms with Crippen molar-refractivity contribution in [3.8, 4) is 0 Å². The molecule has 0 unspecified atom stereocenters. The van der Waals surface area contributed by atoms with Crippen LogP contribution in [0, 0.1) is 3.70 Å². The molecule has 0 aromatic carbocycles. The average Bonchev–Trinajstić information content (AvgIpc) is 2.47. The molecule has 4 heteroatoms. The average molecular weight is 270 g/mol. The van der Waals surface area contributed by atoms with Crippen LogP contribution in [0.4, 0.5) is 0 Å². The van der Waals surface area contributed by atoms with Crippen LogP contribution in [0.5, 0.6) is 0 Å². The van der Waals surface area contributed by atoms with E-state index in [1.54, 1.807) is 0 Å². The molecule has 0 saturated heterocycles. The second-order valence-corrected chi connectivity index (χ2v) is 3.81. The lowest BCUT2D eigenvalue weighted by molar-refractivity contribution is 1.16. The second kappa shape index (κ2) is 3.09. The molecule has 0 spiro atoms. The van der Waals surface area contributed by atoms with Gasteiger partial charge in [0.2, 0.25) is 0 Å². The van der Waals surface area contributed by atoms with Gasteiger partial charge >= 0.3 is 0 Å². The van der Waals surface area contributed by atoms with Gasteiger partial charge in [0, 0.05) is 6.20 Å². The van der Waals surface area contributed by atoms with Crippen molar-refractivity contribution in [3.63, 3.8) is 0 Å². The van der Waals surface area contributed by atoms with Gasteiger partial charge in [-0.2, -0.15) is 0 Å². The van der Waals surface area contributed by atoms with E-state index < -0.39 is 0 Å². The summed E-state index contributed by atoms with van der Waals surface area (Å²) in [6, 6.07) is 4.18. The molecule has 12 heavy (non-hydrogen) atoms. The van der Waals surface area contributed by atoms with Gasteiger partial charge in [-0.25, -0.2) is 4.98 Å². The van der Waals surface area contributed by atoms with Gasteiger partial charge in [0.05, 0.1) is 6.20 Å². The number of fused-ring (bicyclic) bond motifs is 1. The normalized spacial score (nSPS) is 10.5. The third kappa shape index (κ3) is 1.24. The van der Waals surface area contributed by atoms with Gasteiger partial charge in [0.1, 0.15) is 9.35 Å². The van der Waals surface area contributed by atoms with Gasteiger partial charge in [-0.1, -0.05) is 18.4 Å². The van der Waals surface area contributed by atoms with Crippen LogP contribution in [0.1, 0.15) is 0 Å². The molecule has 0 aliphatic carbocycles. The minimum atomic E-state index is 1.02. The van der Waals surface area contributed by atoms with Crippen LogP contribution in [-0.4, -0.2) is 16.7 Å². The molecule has 2 aromatic rings. The van der Waals surface area contributed by atoms with E-state index in [0.29, 0.717) is 0 Å². The third-order valence-corrected chi connectivity index (χ3v) is 2.73. The fourth-order valence-electron chi connectivity index (χ4n) is 1.20. The second-order valence-electron chi connectivity index (χ2n) is 2.70. The summed E-state index contributed by atoms with van der Waals surface area (Å²) in [7, 11) is 1.07. The summed E-state index contributed by atoms with van der Waals surface area (Å²) < 4.78 is 3.28. The highest BCUT2D eigenvalue weighted by atomic mass is 127.